The van der Waals surface area contributed by atoms with Gasteiger partial charge in [0.2, 0.25) is 0 Å². The Balaban J connectivity index is 1.91. The predicted molar refractivity (Wildman–Crippen MR) is 73.4 cm³/mol. The zero-order valence-corrected chi connectivity index (χ0v) is 11.4. The molecule has 0 spiro atoms. The Bertz CT molecular complexity index is 482. The molecule has 0 saturated heterocycles. The maximum atomic E-state index is 11.9. The summed E-state index contributed by atoms with van der Waals surface area (Å²) in [4.78, 5) is 25.1. The zero-order chi connectivity index (χ0) is 13.8. The molecule has 0 atom stereocenters. The van der Waals surface area contributed by atoms with Gasteiger partial charge in [0.15, 0.2) is 0 Å². The van der Waals surface area contributed by atoms with Crippen LogP contribution >= 0.6 is 0 Å². The lowest BCUT2D eigenvalue weighted by Crippen LogP contribution is -2.32. The van der Waals surface area contributed by atoms with E-state index in [1.165, 1.54) is 4.90 Å². The van der Waals surface area contributed by atoms with Crippen molar-refractivity contribution < 1.29 is 14.3 Å². The van der Waals surface area contributed by atoms with Crippen LogP contribution in [0.5, 0.6) is 0 Å². The van der Waals surface area contributed by atoms with Crippen LogP contribution in [0.2, 0.25) is 0 Å². The number of benzene rings is 1. The van der Waals surface area contributed by atoms with Crippen molar-refractivity contribution in [3.05, 3.63) is 29.8 Å². The van der Waals surface area contributed by atoms with E-state index in [9.17, 15) is 9.59 Å². The van der Waals surface area contributed by atoms with Crippen molar-refractivity contribution in [2.75, 3.05) is 24.7 Å². The van der Waals surface area contributed by atoms with Gasteiger partial charge in [0.25, 0.3) is 11.7 Å². The van der Waals surface area contributed by atoms with Gasteiger partial charge < -0.3 is 9.64 Å². The summed E-state index contributed by atoms with van der Waals surface area (Å²) >= 11 is 0. The first-order valence-corrected chi connectivity index (χ1v) is 6.64. The van der Waals surface area contributed by atoms with Crippen molar-refractivity contribution in [1.29, 1.82) is 0 Å². The van der Waals surface area contributed by atoms with Gasteiger partial charge in [-0.3, -0.25) is 9.59 Å². The van der Waals surface area contributed by atoms with Crippen molar-refractivity contribution in [1.82, 2.24) is 0 Å². The van der Waals surface area contributed by atoms with E-state index in [0.29, 0.717) is 36.9 Å². The number of para-hydroxylation sites is 1. The molecule has 102 valence electrons. The minimum Gasteiger partial charge on any atom is -0.380 e. The molecule has 0 saturated carbocycles. The number of Topliss-reactive ketones (excluding diaryl/α,β-unsaturated/α-hetero) is 1. The summed E-state index contributed by atoms with van der Waals surface area (Å²) in [5, 5.41) is 0. The van der Waals surface area contributed by atoms with Crippen molar-refractivity contribution in [2.24, 2.45) is 5.92 Å². The van der Waals surface area contributed by atoms with Gasteiger partial charge in [-0.25, -0.2) is 0 Å². The molecular formula is C15H19NO3. The van der Waals surface area contributed by atoms with Crippen LogP contribution in [0.1, 0.15) is 30.6 Å². The van der Waals surface area contributed by atoms with Crippen LogP contribution in [0.4, 0.5) is 5.69 Å². The summed E-state index contributed by atoms with van der Waals surface area (Å²) in [5.74, 6) is -0.262. The van der Waals surface area contributed by atoms with E-state index in [0.717, 1.165) is 6.42 Å². The van der Waals surface area contributed by atoms with Gasteiger partial charge in [-0.15, -0.1) is 0 Å². The molecule has 4 heteroatoms. The maximum Gasteiger partial charge on any atom is 0.299 e. The second kappa shape index (κ2) is 5.97. The van der Waals surface area contributed by atoms with Crippen LogP contribution in [0.3, 0.4) is 0 Å². The van der Waals surface area contributed by atoms with Crippen LogP contribution in [-0.2, 0) is 9.53 Å². The van der Waals surface area contributed by atoms with Gasteiger partial charge in [-0.05, 0) is 24.5 Å². The first-order chi connectivity index (χ1) is 9.11. The lowest BCUT2D eigenvalue weighted by molar-refractivity contribution is -0.114. The first kappa shape index (κ1) is 13.7. The third-order valence-electron chi connectivity index (χ3n) is 3.18. The molecule has 0 fully saturated rings. The van der Waals surface area contributed by atoms with Crippen molar-refractivity contribution in [3.8, 4) is 0 Å². The lowest BCUT2D eigenvalue weighted by atomic mass is 10.1. The molecule has 0 aromatic heterocycles. The van der Waals surface area contributed by atoms with Gasteiger partial charge in [0, 0.05) is 13.2 Å². The number of ketones is 1. The predicted octanol–water partition coefficient (Wildman–Crippen LogP) is 2.28. The fourth-order valence-electron chi connectivity index (χ4n) is 2.05. The number of carbonyl (C=O) groups is 2. The number of ether oxygens (including phenoxy) is 1. The van der Waals surface area contributed by atoms with Gasteiger partial charge >= 0.3 is 0 Å². The van der Waals surface area contributed by atoms with Gasteiger partial charge in [0.1, 0.15) is 0 Å². The Kier molecular flexibility index (Phi) is 4.32. The van der Waals surface area contributed by atoms with Crippen LogP contribution in [0.25, 0.3) is 0 Å². The molecule has 1 heterocycles. The van der Waals surface area contributed by atoms with E-state index in [2.05, 4.69) is 13.8 Å². The number of fused-ring (bicyclic) bond motifs is 1. The normalized spacial score (nSPS) is 14.4. The van der Waals surface area contributed by atoms with Gasteiger partial charge in [0.05, 0.1) is 17.9 Å². The fourth-order valence-corrected chi connectivity index (χ4v) is 2.05. The molecule has 1 aliphatic heterocycles. The van der Waals surface area contributed by atoms with Gasteiger partial charge in [-0.2, -0.15) is 0 Å². The minimum absolute atomic E-state index is 0.419. The largest absolute Gasteiger partial charge is 0.380 e. The number of amides is 1. The second-order valence-corrected chi connectivity index (χ2v) is 5.10. The third kappa shape index (κ3) is 3.01. The molecule has 0 aliphatic carbocycles. The molecule has 2 rings (SSSR count). The highest BCUT2D eigenvalue weighted by atomic mass is 16.5. The summed E-state index contributed by atoms with van der Waals surface area (Å²) in [6.07, 6.45) is 1.00. The van der Waals surface area contributed by atoms with Crippen molar-refractivity contribution in [2.45, 2.75) is 20.3 Å². The summed E-state index contributed by atoms with van der Waals surface area (Å²) in [7, 11) is 0. The summed E-state index contributed by atoms with van der Waals surface area (Å²) in [5.41, 5.74) is 1.19. The molecule has 19 heavy (non-hydrogen) atoms. The Morgan fingerprint density at radius 1 is 1.16 bits per heavy atom. The quantitative estimate of drug-likeness (QED) is 0.583. The van der Waals surface area contributed by atoms with Crippen LogP contribution in [0.15, 0.2) is 24.3 Å². The van der Waals surface area contributed by atoms with Crippen molar-refractivity contribution in [3.63, 3.8) is 0 Å². The molecule has 0 radical (unpaired) electrons. The topological polar surface area (TPSA) is 46.6 Å². The Labute approximate surface area is 113 Å². The highest BCUT2D eigenvalue weighted by molar-refractivity contribution is 6.52. The summed E-state index contributed by atoms with van der Waals surface area (Å²) in [6, 6.07) is 7.09. The highest BCUT2D eigenvalue weighted by Crippen LogP contribution is 2.27. The van der Waals surface area contributed by atoms with E-state index in [-0.39, 0.29) is 0 Å². The molecule has 1 aromatic carbocycles. The maximum absolute atomic E-state index is 11.9. The zero-order valence-electron chi connectivity index (χ0n) is 11.4. The highest BCUT2D eigenvalue weighted by Gasteiger charge is 2.34. The molecule has 1 amide bonds. The molecule has 1 aromatic rings. The monoisotopic (exact) mass is 261 g/mol. The van der Waals surface area contributed by atoms with E-state index >= 15 is 0 Å². The smallest absolute Gasteiger partial charge is 0.299 e. The standard InChI is InChI=1S/C15H19NO3/c1-11(2)7-9-19-10-8-16-13-6-4-3-5-12(13)14(17)15(16)18/h3-6,11H,7-10H2,1-2H3. The second-order valence-electron chi connectivity index (χ2n) is 5.10. The molecule has 4 nitrogen and oxygen atoms in total. The number of hydrogen-bond acceptors (Lipinski definition) is 3. The van der Waals surface area contributed by atoms with Crippen LogP contribution < -0.4 is 4.90 Å². The van der Waals surface area contributed by atoms with Crippen LogP contribution in [0, 0.1) is 5.92 Å². The first-order valence-electron chi connectivity index (χ1n) is 6.64. The Morgan fingerprint density at radius 2 is 1.89 bits per heavy atom. The number of nitrogens with zero attached hydrogens (tertiary/aromatic N) is 1. The number of hydrogen-bond donors (Lipinski definition) is 0. The third-order valence-corrected chi connectivity index (χ3v) is 3.18. The van der Waals surface area contributed by atoms with E-state index in [1.54, 1.807) is 18.2 Å². The van der Waals surface area contributed by atoms with E-state index < -0.39 is 11.7 Å². The average Bonchev–Trinajstić information content (AvgIpc) is 2.63. The molecule has 0 N–H and O–H groups in total. The Morgan fingerprint density at radius 3 is 2.63 bits per heavy atom. The molecule has 0 bridgehead atoms. The fraction of sp³-hybridized carbons (Fsp3) is 0.467. The SMILES string of the molecule is CC(C)CCOCCN1C(=O)C(=O)c2ccccc21. The average molecular weight is 261 g/mol. The lowest BCUT2D eigenvalue weighted by Gasteiger charge is -2.16. The summed E-state index contributed by atoms with van der Waals surface area (Å²) < 4.78 is 5.50. The minimum atomic E-state index is -0.450. The van der Waals surface area contributed by atoms with E-state index in [4.69, 9.17) is 4.74 Å². The van der Waals surface area contributed by atoms with E-state index in [1.807, 2.05) is 6.07 Å². The van der Waals surface area contributed by atoms with Crippen LogP contribution in [-0.4, -0.2) is 31.4 Å². The van der Waals surface area contributed by atoms with Crippen molar-refractivity contribution >= 4 is 17.4 Å². The number of anilines is 1. The molecule has 0 unspecified atom stereocenters. The Hall–Kier alpha value is -1.68. The van der Waals surface area contributed by atoms with Gasteiger partial charge in [-0.1, -0.05) is 26.0 Å². The summed E-state index contributed by atoms with van der Waals surface area (Å²) in [6.45, 7) is 5.86. The molecular weight excluding hydrogens is 242 g/mol. The molecule has 1 aliphatic rings. The number of carbonyl (C=O) groups excluding carboxylic acids is 2. The number of rotatable bonds is 6.